The number of hydrogen-bond acceptors (Lipinski definition) is 3. The van der Waals surface area contributed by atoms with Crippen LogP contribution in [-0.4, -0.2) is 23.2 Å². The first kappa shape index (κ1) is 14.7. The minimum atomic E-state index is 0.657. The molecule has 0 spiro atoms. The molecule has 0 fully saturated rings. The topological polar surface area (TPSA) is 37.0 Å². The lowest BCUT2D eigenvalue weighted by atomic mass is 10.2. The quantitative estimate of drug-likeness (QED) is 0.635. The molecular weight excluding hydrogens is 286 g/mol. The van der Waals surface area contributed by atoms with E-state index in [0.29, 0.717) is 11.7 Å². The summed E-state index contributed by atoms with van der Waals surface area (Å²) in [5.74, 6) is 0. The molecule has 1 aromatic heterocycles. The summed E-state index contributed by atoms with van der Waals surface area (Å²) in [6.45, 7) is 5.10. The number of benzene rings is 1. The van der Waals surface area contributed by atoms with E-state index in [4.69, 9.17) is 12.2 Å². The lowest BCUT2D eigenvalue weighted by Crippen LogP contribution is -2.36. The summed E-state index contributed by atoms with van der Waals surface area (Å²) in [5, 5.41) is 10.1. The molecule has 3 nitrogen and oxygen atoms in total. The molecule has 1 aromatic carbocycles. The summed E-state index contributed by atoms with van der Waals surface area (Å²) in [6.07, 6.45) is 2.65. The Balaban J connectivity index is 1.82. The zero-order valence-corrected chi connectivity index (χ0v) is 12.8. The highest BCUT2D eigenvalue weighted by Gasteiger charge is 2.04. The highest BCUT2D eigenvalue weighted by atomic mass is 32.1. The first-order valence-electron chi connectivity index (χ1n) is 6.42. The normalized spacial score (nSPS) is 10.0. The molecule has 2 N–H and O–H groups in total. The predicted molar refractivity (Wildman–Crippen MR) is 90.1 cm³/mol. The van der Waals surface area contributed by atoms with Crippen molar-refractivity contribution in [3.05, 3.63) is 53.4 Å². The zero-order valence-electron chi connectivity index (χ0n) is 11.1. The van der Waals surface area contributed by atoms with Crippen LogP contribution in [0.5, 0.6) is 0 Å². The molecule has 0 aliphatic heterocycles. The van der Waals surface area contributed by atoms with Gasteiger partial charge < -0.3 is 10.6 Å². The fraction of sp³-hybridized carbons (Fsp3) is 0.200. The van der Waals surface area contributed by atoms with Gasteiger partial charge in [-0.3, -0.25) is 0 Å². The van der Waals surface area contributed by atoms with Crippen LogP contribution in [0.25, 0.3) is 11.3 Å². The maximum absolute atomic E-state index is 5.13. The van der Waals surface area contributed by atoms with E-state index >= 15 is 0 Å². The first-order chi connectivity index (χ1) is 9.79. The SMILES string of the molecule is C=CCNC(=S)NCCc1nc(-c2ccccc2)cs1. The van der Waals surface area contributed by atoms with Gasteiger partial charge in [-0.2, -0.15) is 0 Å². The third-order valence-electron chi connectivity index (χ3n) is 2.65. The Hall–Kier alpha value is -1.72. The van der Waals surface area contributed by atoms with Crippen LogP contribution in [0.4, 0.5) is 0 Å². The Morgan fingerprint density at radius 3 is 2.85 bits per heavy atom. The predicted octanol–water partition coefficient (Wildman–Crippen LogP) is 3.00. The molecule has 0 aliphatic carbocycles. The van der Waals surface area contributed by atoms with Crippen molar-refractivity contribution < 1.29 is 0 Å². The van der Waals surface area contributed by atoms with Crippen molar-refractivity contribution in [3.63, 3.8) is 0 Å². The van der Waals surface area contributed by atoms with Crippen molar-refractivity contribution >= 4 is 28.7 Å². The molecule has 0 saturated heterocycles. The van der Waals surface area contributed by atoms with Gasteiger partial charge in [0.15, 0.2) is 5.11 Å². The lowest BCUT2D eigenvalue weighted by Gasteiger charge is -2.07. The maximum atomic E-state index is 5.13. The molecule has 0 atom stereocenters. The molecule has 0 radical (unpaired) electrons. The van der Waals surface area contributed by atoms with E-state index in [1.165, 1.54) is 0 Å². The second-order valence-electron chi connectivity index (χ2n) is 4.17. The van der Waals surface area contributed by atoms with Gasteiger partial charge in [0.25, 0.3) is 0 Å². The van der Waals surface area contributed by atoms with Gasteiger partial charge >= 0.3 is 0 Å². The summed E-state index contributed by atoms with van der Waals surface area (Å²) in [6, 6.07) is 10.2. The number of rotatable bonds is 6. The second-order valence-corrected chi connectivity index (χ2v) is 5.52. The van der Waals surface area contributed by atoms with Gasteiger partial charge in [0.1, 0.15) is 0 Å². The van der Waals surface area contributed by atoms with E-state index in [2.05, 4.69) is 39.7 Å². The third kappa shape index (κ3) is 4.43. The lowest BCUT2D eigenvalue weighted by molar-refractivity contribution is 0.835. The minimum Gasteiger partial charge on any atom is -0.362 e. The van der Waals surface area contributed by atoms with Crippen molar-refractivity contribution in [2.75, 3.05) is 13.1 Å². The van der Waals surface area contributed by atoms with Crippen LogP contribution in [0, 0.1) is 0 Å². The Kier molecular flexibility index (Phi) is 5.70. The minimum absolute atomic E-state index is 0.657. The van der Waals surface area contributed by atoms with Crippen molar-refractivity contribution in [3.8, 4) is 11.3 Å². The maximum Gasteiger partial charge on any atom is 0.166 e. The van der Waals surface area contributed by atoms with Crippen LogP contribution in [0.15, 0.2) is 48.4 Å². The number of thiocarbonyl (C=S) groups is 1. The molecular formula is C15H17N3S2. The van der Waals surface area contributed by atoms with Gasteiger partial charge in [-0.25, -0.2) is 4.98 Å². The zero-order chi connectivity index (χ0) is 14.2. The van der Waals surface area contributed by atoms with Crippen LogP contribution in [0.3, 0.4) is 0 Å². The monoisotopic (exact) mass is 303 g/mol. The third-order valence-corrected chi connectivity index (χ3v) is 3.85. The fourth-order valence-corrected chi connectivity index (χ4v) is 2.67. The van der Waals surface area contributed by atoms with Crippen LogP contribution >= 0.6 is 23.6 Å². The molecule has 0 unspecified atom stereocenters. The highest BCUT2D eigenvalue weighted by molar-refractivity contribution is 7.80. The van der Waals surface area contributed by atoms with Crippen molar-refractivity contribution in [1.29, 1.82) is 0 Å². The van der Waals surface area contributed by atoms with Crippen LogP contribution in [-0.2, 0) is 6.42 Å². The number of nitrogens with zero attached hydrogens (tertiary/aromatic N) is 1. The second kappa shape index (κ2) is 7.77. The van der Waals surface area contributed by atoms with Crippen LogP contribution in [0.1, 0.15) is 5.01 Å². The molecule has 0 saturated carbocycles. The van der Waals surface area contributed by atoms with E-state index in [0.717, 1.165) is 29.2 Å². The molecule has 20 heavy (non-hydrogen) atoms. The number of nitrogens with one attached hydrogen (secondary N) is 2. The molecule has 0 aliphatic rings. The first-order valence-corrected chi connectivity index (χ1v) is 7.71. The van der Waals surface area contributed by atoms with Crippen molar-refractivity contribution in [2.24, 2.45) is 0 Å². The Morgan fingerprint density at radius 1 is 1.30 bits per heavy atom. The summed E-state index contributed by atoms with van der Waals surface area (Å²) < 4.78 is 0. The average Bonchev–Trinajstić information content (AvgIpc) is 2.95. The van der Waals surface area contributed by atoms with Crippen LogP contribution in [0.2, 0.25) is 0 Å². The molecule has 2 aromatic rings. The van der Waals surface area contributed by atoms with E-state index in [1.54, 1.807) is 17.4 Å². The van der Waals surface area contributed by atoms with Gasteiger partial charge in [0.05, 0.1) is 10.7 Å². The largest absolute Gasteiger partial charge is 0.362 e. The van der Waals surface area contributed by atoms with E-state index in [-0.39, 0.29) is 0 Å². The Morgan fingerprint density at radius 2 is 2.10 bits per heavy atom. The number of hydrogen-bond donors (Lipinski definition) is 2. The smallest absolute Gasteiger partial charge is 0.166 e. The average molecular weight is 303 g/mol. The van der Waals surface area contributed by atoms with E-state index in [9.17, 15) is 0 Å². The van der Waals surface area contributed by atoms with Gasteiger partial charge in [-0.15, -0.1) is 17.9 Å². The standard InChI is InChI=1S/C15H17N3S2/c1-2-9-16-15(19)17-10-8-14-18-13(11-20-14)12-6-4-3-5-7-12/h2-7,11H,1,8-10H2,(H2,16,17,19). The molecule has 1 heterocycles. The summed E-state index contributed by atoms with van der Waals surface area (Å²) in [4.78, 5) is 4.64. The van der Waals surface area contributed by atoms with Crippen molar-refractivity contribution in [1.82, 2.24) is 15.6 Å². The van der Waals surface area contributed by atoms with E-state index < -0.39 is 0 Å². The van der Waals surface area contributed by atoms with E-state index in [1.807, 2.05) is 18.2 Å². The molecule has 104 valence electrons. The van der Waals surface area contributed by atoms with Crippen LogP contribution < -0.4 is 10.6 Å². The van der Waals surface area contributed by atoms with Crippen molar-refractivity contribution in [2.45, 2.75) is 6.42 Å². The molecule has 0 amide bonds. The molecule has 5 heteroatoms. The van der Waals surface area contributed by atoms with Gasteiger partial charge in [0, 0.05) is 30.5 Å². The number of aromatic nitrogens is 1. The fourth-order valence-electron chi connectivity index (χ4n) is 1.68. The highest BCUT2D eigenvalue weighted by Crippen LogP contribution is 2.21. The summed E-state index contributed by atoms with van der Waals surface area (Å²) >= 11 is 6.81. The van der Waals surface area contributed by atoms with Gasteiger partial charge in [-0.1, -0.05) is 36.4 Å². The molecule has 0 bridgehead atoms. The Bertz CT molecular complexity index is 564. The summed E-state index contributed by atoms with van der Waals surface area (Å²) in [7, 11) is 0. The number of thiazole rings is 1. The summed E-state index contributed by atoms with van der Waals surface area (Å²) in [5.41, 5.74) is 2.20. The molecule has 2 rings (SSSR count). The van der Waals surface area contributed by atoms with Gasteiger partial charge in [0.2, 0.25) is 0 Å². The Labute approximate surface area is 128 Å². The van der Waals surface area contributed by atoms with Gasteiger partial charge in [-0.05, 0) is 12.2 Å².